The Balaban J connectivity index is 2.63. The van der Waals surface area contributed by atoms with Gasteiger partial charge in [-0.05, 0) is 30.1 Å². The molecule has 1 N–H and O–H groups in total. The van der Waals surface area contributed by atoms with E-state index in [1.54, 1.807) is 12.1 Å². The number of nitrogens with one attached hydrogen (secondary N) is 1. The van der Waals surface area contributed by atoms with E-state index in [0.717, 1.165) is 4.90 Å². The smallest absolute Gasteiger partial charge is 0.217 e. The minimum Gasteiger partial charge on any atom is -0.299 e. The first-order valence-corrected chi connectivity index (χ1v) is 4.14. The molecule has 1 aromatic rings. The molecule has 0 radical (unpaired) electrons. The predicted octanol–water partition coefficient (Wildman–Crippen LogP) is 2.09. The minimum atomic E-state index is 0.631. The van der Waals surface area contributed by atoms with E-state index >= 15 is 0 Å². The Hall–Kier alpha value is -0.670. The van der Waals surface area contributed by atoms with Gasteiger partial charge in [0.05, 0.1) is 0 Å². The number of carbonyl (C=O) groups is 1. The molecule has 4 heteroatoms. The van der Waals surface area contributed by atoms with Crippen molar-refractivity contribution < 1.29 is 4.79 Å². The zero-order chi connectivity index (χ0) is 8.10. The van der Waals surface area contributed by atoms with Gasteiger partial charge < -0.3 is 0 Å². The summed E-state index contributed by atoms with van der Waals surface area (Å²) in [5, 5.41) is 0.669. The van der Waals surface area contributed by atoms with Gasteiger partial charge in [-0.15, -0.1) is 0 Å². The number of rotatable bonds is 3. The molecule has 0 aliphatic carbocycles. The Morgan fingerprint density at radius 3 is 3.00 bits per heavy atom. The van der Waals surface area contributed by atoms with Crippen LogP contribution in [0.1, 0.15) is 0 Å². The predicted molar refractivity (Wildman–Crippen MR) is 46.5 cm³/mol. The number of amides is 1. The molecule has 2 nitrogen and oxygen atoms in total. The molecule has 0 aliphatic heterocycles. The van der Waals surface area contributed by atoms with Crippen molar-refractivity contribution in [1.29, 1.82) is 0 Å². The molecule has 0 unspecified atom stereocenters. The second-order valence-electron chi connectivity index (χ2n) is 1.80. The molecule has 0 bridgehead atoms. The Kier molecular flexibility index (Phi) is 3.26. The molecule has 0 heterocycles. The van der Waals surface area contributed by atoms with Gasteiger partial charge in [-0.25, -0.2) is 0 Å². The number of hydrogen-bond acceptors (Lipinski definition) is 2. The molecule has 11 heavy (non-hydrogen) atoms. The van der Waals surface area contributed by atoms with E-state index in [4.69, 9.17) is 11.6 Å². The summed E-state index contributed by atoms with van der Waals surface area (Å²) in [6, 6.07) is 7.26. The van der Waals surface area contributed by atoms with Crippen LogP contribution in [0, 0.1) is 0 Å². The van der Waals surface area contributed by atoms with Crippen LogP contribution in [0.25, 0.3) is 0 Å². The number of carbonyl (C=O) groups excluding carboxylic acids is 1. The van der Waals surface area contributed by atoms with Gasteiger partial charge in [-0.2, -0.15) is 0 Å². The Morgan fingerprint density at radius 2 is 2.36 bits per heavy atom. The lowest BCUT2D eigenvalue weighted by atomic mass is 10.4. The van der Waals surface area contributed by atoms with Crippen molar-refractivity contribution in [3.05, 3.63) is 29.3 Å². The molecule has 0 fully saturated rings. The second kappa shape index (κ2) is 4.26. The zero-order valence-corrected chi connectivity index (χ0v) is 7.15. The van der Waals surface area contributed by atoms with Crippen molar-refractivity contribution in [2.75, 3.05) is 0 Å². The molecule has 1 aromatic carbocycles. The largest absolute Gasteiger partial charge is 0.299 e. The maximum atomic E-state index is 9.90. The fourth-order valence-corrected chi connectivity index (χ4v) is 1.39. The standard InChI is InChI=1S/C7H6ClNOS/c8-6-2-1-3-7(4-6)11-9-5-10/h1-5H,(H,9,10). The second-order valence-corrected chi connectivity index (χ2v) is 3.14. The number of benzene rings is 1. The van der Waals surface area contributed by atoms with Crippen molar-refractivity contribution in [3.63, 3.8) is 0 Å². The van der Waals surface area contributed by atoms with Crippen molar-refractivity contribution in [3.8, 4) is 0 Å². The van der Waals surface area contributed by atoms with E-state index in [1.807, 2.05) is 12.1 Å². The minimum absolute atomic E-state index is 0.631. The summed E-state index contributed by atoms with van der Waals surface area (Å²) < 4.78 is 2.47. The van der Waals surface area contributed by atoms with Gasteiger partial charge >= 0.3 is 0 Å². The molecule has 0 aliphatic rings. The Bertz CT molecular complexity index is 254. The van der Waals surface area contributed by atoms with E-state index in [0.29, 0.717) is 11.4 Å². The van der Waals surface area contributed by atoms with Crippen LogP contribution in [0.5, 0.6) is 0 Å². The van der Waals surface area contributed by atoms with Crippen LogP contribution < -0.4 is 4.72 Å². The molecule has 0 saturated heterocycles. The maximum Gasteiger partial charge on any atom is 0.217 e. The lowest BCUT2D eigenvalue weighted by Gasteiger charge is -1.97. The quantitative estimate of drug-likeness (QED) is 0.580. The summed E-state index contributed by atoms with van der Waals surface area (Å²) in [5.41, 5.74) is 0. The van der Waals surface area contributed by atoms with Gasteiger partial charge in [-0.1, -0.05) is 17.7 Å². The van der Waals surface area contributed by atoms with Crippen LogP contribution in [-0.2, 0) is 4.79 Å². The Morgan fingerprint density at radius 1 is 1.55 bits per heavy atom. The molecular formula is C7H6ClNOS. The fraction of sp³-hybridized carbons (Fsp3) is 0. The third-order valence-corrected chi connectivity index (χ3v) is 1.96. The van der Waals surface area contributed by atoms with Gasteiger partial charge in [-0.3, -0.25) is 9.52 Å². The van der Waals surface area contributed by atoms with Gasteiger partial charge in [0.15, 0.2) is 0 Å². The van der Waals surface area contributed by atoms with Crippen molar-refractivity contribution in [2.45, 2.75) is 4.90 Å². The first-order chi connectivity index (χ1) is 5.33. The van der Waals surface area contributed by atoms with Crippen LogP contribution in [0.15, 0.2) is 29.2 Å². The maximum absolute atomic E-state index is 9.90. The fourth-order valence-electron chi connectivity index (χ4n) is 0.623. The van der Waals surface area contributed by atoms with Crippen LogP contribution in [-0.4, -0.2) is 6.41 Å². The normalized spacial score (nSPS) is 9.18. The lowest BCUT2D eigenvalue weighted by Crippen LogP contribution is -1.96. The summed E-state index contributed by atoms with van der Waals surface area (Å²) in [4.78, 5) is 10.8. The van der Waals surface area contributed by atoms with E-state index in [9.17, 15) is 4.79 Å². The van der Waals surface area contributed by atoms with Crippen LogP contribution >= 0.6 is 23.5 Å². The summed E-state index contributed by atoms with van der Waals surface area (Å²) in [6.45, 7) is 0. The first-order valence-electron chi connectivity index (χ1n) is 2.94. The van der Waals surface area contributed by atoms with Gasteiger partial charge in [0.2, 0.25) is 6.41 Å². The third-order valence-electron chi connectivity index (χ3n) is 1.02. The van der Waals surface area contributed by atoms with E-state index < -0.39 is 0 Å². The summed E-state index contributed by atoms with van der Waals surface area (Å²) in [7, 11) is 0. The first kappa shape index (κ1) is 8.43. The molecule has 1 amide bonds. The highest BCUT2D eigenvalue weighted by atomic mass is 35.5. The van der Waals surface area contributed by atoms with Crippen LogP contribution in [0.3, 0.4) is 0 Å². The lowest BCUT2D eigenvalue weighted by molar-refractivity contribution is -0.107. The average molecular weight is 188 g/mol. The van der Waals surface area contributed by atoms with Crippen LogP contribution in [0.2, 0.25) is 5.02 Å². The number of hydrogen-bond donors (Lipinski definition) is 1. The van der Waals surface area contributed by atoms with Crippen molar-refractivity contribution in [1.82, 2.24) is 4.72 Å². The van der Waals surface area contributed by atoms with E-state index in [2.05, 4.69) is 4.72 Å². The van der Waals surface area contributed by atoms with Crippen molar-refractivity contribution >= 4 is 30.0 Å². The molecular weight excluding hydrogens is 182 g/mol. The SMILES string of the molecule is O=CNSc1cccc(Cl)c1. The highest BCUT2D eigenvalue weighted by Crippen LogP contribution is 2.18. The molecule has 58 valence electrons. The molecule has 0 aromatic heterocycles. The van der Waals surface area contributed by atoms with Crippen LogP contribution in [0.4, 0.5) is 0 Å². The van der Waals surface area contributed by atoms with Crippen molar-refractivity contribution in [2.24, 2.45) is 0 Å². The van der Waals surface area contributed by atoms with E-state index in [-0.39, 0.29) is 0 Å². The van der Waals surface area contributed by atoms with Gasteiger partial charge in [0.1, 0.15) is 0 Å². The molecule has 0 saturated carbocycles. The highest BCUT2D eigenvalue weighted by Gasteiger charge is 1.92. The number of halogens is 1. The molecule has 1 rings (SSSR count). The van der Waals surface area contributed by atoms with E-state index in [1.165, 1.54) is 11.9 Å². The Labute approximate surface area is 74.1 Å². The van der Waals surface area contributed by atoms with Gasteiger partial charge in [0, 0.05) is 9.92 Å². The molecule has 0 spiro atoms. The monoisotopic (exact) mass is 187 g/mol. The molecule has 0 atom stereocenters. The third kappa shape index (κ3) is 2.82. The summed E-state index contributed by atoms with van der Waals surface area (Å²) >= 11 is 6.93. The zero-order valence-electron chi connectivity index (χ0n) is 5.58. The summed E-state index contributed by atoms with van der Waals surface area (Å²) in [6.07, 6.45) is 0.631. The summed E-state index contributed by atoms with van der Waals surface area (Å²) in [5.74, 6) is 0. The highest BCUT2D eigenvalue weighted by molar-refractivity contribution is 7.97. The topological polar surface area (TPSA) is 29.1 Å². The van der Waals surface area contributed by atoms with Gasteiger partial charge in [0.25, 0.3) is 0 Å². The average Bonchev–Trinajstić information content (AvgIpc) is 2.01.